The van der Waals surface area contributed by atoms with Crippen molar-refractivity contribution in [3.8, 4) is 11.1 Å². The lowest BCUT2D eigenvalue weighted by Gasteiger charge is -2.04. The predicted octanol–water partition coefficient (Wildman–Crippen LogP) is 3.19. The minimum atomic E-state index is 0.0139. The number of rotatable bonds is 2. The molecule has 0 saturated heterocycles. The Balaban J connectivity index is 2.49. The van der Waals surface area contributed by atoms with E-state index in [0.29, 0.717) is 11.6 Å². The summed E-state index contributed by atoms with van der Waals surface area (Å²) in [6, 6.07) is 11.1. The van der Waals surface area contributed by atoms with Crippen LogP contribution in [0.5, 0.6) is 0 Å². The maximum Gasteiger partial charge on any atom is 0.251 e. The van der Waals surface area contributed by atoms with E-state index in [1.807, 2.05) is 37.3 Å². The Morgan fingerprint density at radius 1 is 1.19 bits per heavy atom. The Hall–Kier alpha value is -1.54. The molecule has 0 spiro atoms. The molecule has 1 aromatic carbocycles. The maximum absolute atomic E-state index is 11.7. The van der Waals surface area contributed by atoms with Crippen LogP contribution in [-0.2, 0) is 6.54 Å². The minimum Gasteiger partial charge on any atom is -0.316 e. The third-order valence-corrected chi connectivity index (χ3v) is 2.73. The van der Waals surface area contributed by atoms with Gasteiger partial charge >= 0.3 is 0 Å². The maximum atomic E-state index is 11.7. The zero-order valence-electron chi connectivity index (χ0n) is 8.98. The van der Waals surface area contributed by atoms with Crippen molar-refractivity contribution in [2.45, 2.75) is 13.5 Å². The largest absolute Gasteiger partial charge is 0.316 e. The van der Waals surface area contributed by atoms with Gasteiger partial charge < -0.3 is 4.57 Å². The third kappa shape index (κ3) is 2.17. The molecule has 2 nitrogen and oxygen atoms in total. The van der Waals surface area contributed by atoms with E-state index >= 15 is 0 Å². The molecule has 0 N–H and O–H groups in total. The van der Waals surface area contributed by atoms with E-state index < -0.39 is 0 Å². The van der Waals surface area contributed by atoms with Crippen molar-refractivity contribution in [2.24, 2.45) is 0 Å². The molecule has 0 radical (unpaired) electrons. The van der Waals surface area contributed by atoms with Crippen LogP contribution in [0.25, 0.3) is 11.1 Å². The highest BCUT2D eigenvalue weighted by Crippen LogP contribution is 2.20. The van der Waals surface area contributed by atoms with Crippen LogP contribution in [0.1, 0.15) is 6.92 Å². The van der Waals surface area contributed by atoms with Crippen molar-refractivity contribution < 1.29 is 0 Å². The van der Waals surface area contributed by atoms with Crippen LogP contribution in [0.4, 0.5) is 0 Å². The Bertz CT molecular complexity index is 560. The number of benzene rings is 1. The van der Waals surface area contributed by atoms with Gasteiger partial charge in [-0.05, 0) is 36.2 Å². The van der Waals surface area contributed by atoms with E-state index in [1.54, 1.807) is 16.8 Å². The molecule has 0 aliphatic heterocycles. The molecule has 0 bridgehead atoms. The number of halogens is 1. The zero-order valence-corrected chi connectivity index (χ0v) is 9.74. The third-order valence-electron chi connectivity index (χ3n) is 2.49. The zero-order chi connectivity index (χ0) is 11.5. The fourth-order valence-corrected chi connectivity index (χ4v) is 1.81. The molecule has 0 unspecified atom stereocenters. The standard InChI is InChI=1S/C13H12ClNO/c1-2-15-7-6-11(9-13(15)16)10-4-3-5-12(14)8-10/h3-9H,2H2,1H3. The van der Waals surface area contributed by atoms with Gasteiger partial charge in [-0.2, -0.15) is 0 Å². The van der Waals surface area contributed by atoms with Crippen molar-refractivity contribution in [3.63, 3.8) is 0 Å². The van der Waals surface area contributed by atoms with Gasteiger partial charge in [0.1, 0.15) is 0 Å². The van der Waals surface area contributed by atoms with Crippen LogP contribution >= 0.6 is 11.6 Å². The SMILES string of the molecule is CCn1ccc(-c2cccc(Cl)c2)cc1=O. The Morgan fingerprint density at radius 2 is 1.94 bits per heavy atom. The van der Waals surface area contributed by atoms with E-state index in [1.165, 1.54) is 0 Å². The first kappa shape index (κ1) is 11.0. The summed E-state index contributed by atoms with van der Waals surface area (Å²) >= 11 is 5.91. The fourth-order valence-electron chi connectivity index (χ4n) is 1.62. The van der Waals surface area contributed by atoms with Gasteiger partial charge in [0, 0.05) is 23.8 Å². The molecule has 82 valence electrons. The van der Waals surface area contributed by atoms with Crippen LogP contribution in [0.3, 0.4) is 0 Å². The Morgan fingerprint density at radius 3 is 2.56 bits per heavy atom. The van der Waals surface area contributed by atoms with Crippen LogP contribution in [0.2, 0.25) is 5.02 Å². The molecule has 16 heavy (non-hydrogen) atoms. The lowest BCUT2D eigenvalue weighted by molar-refractivity contribution is 0.728. The van der Waals surface area contributed by atoms with Gasteiger partial charge in [-0.3, -0.25) is 4.79 Å². The van der Waals surface area contributed by atoms with E-state index in [4.69, 9.17) is 11.6 Å². The quantitative estimate of drug-likeness (QED) is 0.781. The van der Waals surface area contributed by atoms with E-state index in [-0.39, 0.29) is 5.56 Å². The highest BCUT2D eigenvalue weighted by atomic mass is 35.5. The second kappa shape index (κ2) is 4.54. The number of hydrogen-bond donors (Lipinski definition) is 0. The predicted molar refractivity (Wildman–Crippen MR) is 66.8 cm³/mol. The van der Waals surface area contributed by atoms with Crippen molar-refractivity contribution in [3.05, 3.63) is 58.0 Å². The summed E-state index contributed by atoms with van der Waals surface area (Å²) in [7, 11) is 0. The highest BCUT2D eigenvalue weighted by Gasteiger charge is 2.00. The van der Waals surface area contributed by atoms with Crippen molar-refractivity contribution in [1.82, 2.24) is 4.57 Å². The molecule has 2 aromatic rings. The van der Waals surface area contributed by atoms with Gasteiger partial charge in [0.2, 0.25) is 0 Å². The average Bonchev–Trinajstić information content (AvgIpc) is 2.29. The number of pyridine rings is 1. The molecular weight excluding hydrogens is 222 g/mol. The molecule has 3 heteroatoms. The van der Waals surface area contributed by atoms with E-state index in [2.05, 4.69) is 0 Å². The van der Waals surface area contributed by atoms with Crippen LogP contribution < -0.4 is 5.56 Å². The summed E-state index contributed by atoms with van der Waals surface area (Å²) in [5, 5.41) is 0.678. The van der Waals surface area contributed by atoms with Crippen LogP contribution in [-0.4, -0.2) is 4.57 Å². The lowest BCUT2D eigenvalue weighted by atomic mass is 10.1. The number of hydrogen-bond acceptors (Lipinski definition) is 1. The fraction of sp³-hybridized carbons (Fsp3) is 0.154. The molecule has 0 fully saturated rings. The topological polar surface area (TPSA) is 22.0 Å². The molecule has 0 saturated carbocycles. The average molecular weight is 234 g/mol. The number of nitrogens with zero attached hydrogens (tertiary/aromatic N) is 1. The Kier molecular flexibility index (Phi) is 3.11. The first-order valence-electron chi connectivity index (χ1n) is 5.17. The van der Waals surface area contributed by atoms with Crippen molar-refractivity contribution >= 4 is 11.6 Å². The van der Waals surface area contributed by atoms with Crippen LogP contribution in [0.15, 0.2) is 47.4 Å². The minimum absolute atomic E-state index is 0.0139. The number of aryl methyl sites for hydroxylation is 1. The molecule has 1 heterocycles. The molecule has 0 amide bonds. The summed E-state index contributed by atoms with van der Waals surface area (Å²) in [5.41, 5.74) is 1.88. The molecule has 0 aliphatic rings. The smallest absolute Gasteiger partial charge is 0.251 e. The first-order valence-corrected chi connectivity index (χ1v) is 5.55. The second-order valence-corrected chi connectivity index (χ2v) is 3.99. The monoisotopic (exact) mass is 233 g/mol. The van der Waals surface area contributed by atoms with Crippen LogP contribution in [0, 0.1) is 0 Å². The molecule has 2 rings (SSSR count). The number of aromatic nitrogens is 1. The summed E-state index contributed by atoms with van der Waals surface area (Å²) < 4.78 is 1.66. The summed E-state index contributed by atoms with van der Waals surface area (Å²) in [5.74, 6) is 0. The molecular formula is C13H12ClNO. The summed E-state index contributed by atoms with van der Waals surface area (Å²) in [6.45, 7) is 2.63. The van der Waals surface area contributed by atoms with E-state index in [9.17, 15) is 4.79 Å². The van der Waals surface area contributed by atoms with Gasteiger partial charge in [0.25, 0.3) is 5.56 Å². The molecule has 1 aromatic heterocycles. The molecule has 0 aliphatic carbocycles. The van der Waals surface area contributed by atoms with E-state index in [0.717, 1.165) is 11.1 Å². The normalized spacial score (nSPS) is 10.4. The second-order valence-electron chi connectivity index (χ2n) is 3.55. The highest BCUT2D eigenvalue weighted by molar-refractivity contribution is 6.30. The van der Waals surface area contributed by atoms with Gasteiger partial charge in [-0.1, -0.05) is 23.7 Å². The first-order chi connectivity index (χ1) is 7.70. The summed E-state index contributed by atoms with van der Waals surface area (Å²) in [6.07, 6.45) is 1.80. The summed E-state index contributed by atoms with van der Waals surface area (Å²) in [4.78, 5) is 11.7. The van der Waals surface area contributed by atoms with Gasteiger partial charge in [-0.15, -0.1) is 0 Å². The van der Waals surface area contributed by atoms with Crippen molar-refractivity contribution in [2.75, 3.05) is 0 Å². The van der Waals surface area contributed by atoms with Gasteiger partial charge in [0.05, 0.1) is 0 Å². The van der Waals surface area contributed by atoms with Crippen molar-refractivity contribution in [1.29, 1.82) is 0 Å². The Labute approximate surface area is 99.1 Å². The molecule has 0 atom stereocenters. The lowest BCUT2D eigenvalue weighted by Crippen LogP contribution is -2.16. The van der Waals surface area contributed by atoms with Gasteiger partial charge in [0.15, 0.2) is 0 Å². The van der Waals surface area contributed by atoms with Gasteiger partial charge in [-0.25, -0.2) is 0 Å².